The molecule has 5 rings (SSSR count). The average Bonchev–Trinajstić information content (AvgIpc) is 3.48. The molecule has 3 heterocycles. The highest BCUT2D eigenvalue weighted by molar-refractivity contribution is 6.13. The van der Waals surface area contributed by atoms with Crippen molar-refractivity contribution in [2.75, 3.05) is 16.0 Å². The van der Waals surface area contributed by atoms with Crippen LogP contribution in [0, 0.1) is 6.92 Å². The van der Waals surface area contributed by atoms with Gasteiger partial charge in [0.1, 0.15) is 5.69 Å². The molecule has 174 valence electrons. The van der Waals surface area contributed by atoms with Crippen LogP contribution in [-0.2, 0) is 7.05 Å². The summed E-state index contributed by atoms with van der Waals surface area (Å²) in [6, 6.07) is 20.9. The van der Waals surface area contributed by atoms with Gasteiger partial charge >= 0.3 is 6.03 Å². The molecule has 0 radical (unpaired) electrons. The van der Waals surface area contributed by atoms with E-state index in [1.807, 2.05) is 25.1 Å². The van der Waals surface area contributed by atoms with E-state index in [1.54, 1.807) is 72.6 Å². The van der Waals surface area contributed by atoms with E-state index < -0.39 is 0 Å². The number of pyridine rings is 1. The van der Waals surface area contributed by atoms with Gasteiger partial charge in [-0.05, 0) is 55.5 Å². The van der Waals surface area contributed by atoms with Gasteiger partial charge in [-0.1, -0.05) is 24.3 Å². The van der Waals surface area contributed by atoms with Gasteiger partial charge in [0.15, 0.2) is 11.4 Å². The number of benzene rings is 2. The summed E-state index contributed by atoms with van der Waals surface area (Å²) in [6.07, 6.45) is 1.56. The smallest absolute Gasteiger partial charge is 0.323 e. The number of carbonyl (C=O) groups is 2. The lowest BCUT2D eigenvalue weighted by Gasteiger charge is -2.11. The zero-order valence-electron chi connectivity index (χ0n) is 19.1. The van der Waals surface area contributed by atoms with Crippen molar-refractivity contribution in [3.8, 4) is 11.5 Å². The quantitative estimate of drug-likeness (QED) is 0.319. The number of aromatic nitrogens is 3. The summed E-state index contributed by atoms with van der Waals surface area (Å²) in [6.45, 7) is 1.84. The number of nitrogens with one attached hydrogen (secondary N) is 3. The Hall–Kier alpha value is -4.92. The number of urea groups is 1. The second-order valence-corrected chi connectivity index (χ2v) is 7.92. The van der Waals surface area contributed by atoms with Gasteiger partial charge in [0.05, 0.1) is 22.9 Å². The summed E-state index contributed by atoms with van der Waals surface area (Å²) in [7, 11) is 1.78. The fraction of sp³-hybridized carbons (Fsp3) is 0.0769. The summed E-state index contributed by atoms with van der Waals surface area (Å²) in [5.74, 6) is 0.225. The van der Waals surface area contributed by atoms with Crippen LogP contribution in [0.15, 0.2) is 83.5 Å². The van der Waals surface area contributed by atoms with Crippen molar-refractivity contribution in [1.82, 2.24) is 14.8 Å². The van der Waals surface area contributed by atoms with Crippen molar-refractivity contribution < 1.29 is 14.0 Å². The maximum atomic E-state index is 13.4. The van der Waals surface area contributed by atoms with Gasteiger partial charge in [-0.2, -0.15) is 5.10 Å². The van der Waals surface area contributed by atoms with Crippen molar-refractivity contribution in [3.63, 3.8) is 0 Å². The van der Waals surface area contributed by atoms with Gasteiger partial charge in [-0.3, -0.25) is 9.48 Å². The second kappa shape index (κ2) is 9.14. The van der Waals surface area contributed by atoms with Crippen LogP contribution in [0.25, 0.3) is 22.5 Å². The highest BCUT2D eigenvalue weighted by Gasteiger charge is 2.20. The molecule has 9 heteroatoms. The van der Waals surface area contributed by atoms with E-state index in [0.717, 1.165) is 0 Å². The SMILES string of the molecule is Cc1nn(C)c2nc(-c3ccco3)cc(C(=O)Nc3cccc(NC(=O)Nc4ccccc4)c3)c12. The Morgan fingerprint density at radius 3 is 2.31 bits per heavy atom. The first-order valence-electron chi connectivity index (χ1n) is 10.9. The van der Waals surface area contributed by atoms with Gasteiger partial charge in [0.25, 0.3) is 5.91 Å². The van der Waals surface area contributed by atoms with Gasteiger partial charge in [0.2, 0.25) is 0 Å². The maximum absolute atomic E-state index is 13.4. The molecule has 3 amide bonds. The minimum Gasteiger partial charge on any atom is -0.463 e. The molecule has 9 nitrogen and oxygen atoms in total. The molecule has 0 aliphatic rings. The first-order chi connectivity index (χ1) is 17.0. The Kier molecular flexibility index (Phi) is 5.72. The predicted octanol–water partition coefficient (Wildman–Crippen LogP) is 5.43. The first kappa shape index (κ1) is 21.9. The first-order valence-corrected chi connectivity index (χ1v) is 10.9. The standard InChI is InChI=1S/C26H22N6O3/c1-16-23-20(15-21(22-12-7-13-35-22)30-24(23)32(2)31-16)25(33)27-18-10-6-11-19(14-18)29-26(34)28-17-8-4-3-5-9-17/h3-15H,1-2H3,(H,27,33)(H2,28,29,34). The minimum atomic E-state index is -0.385. The van der Waals surface area contributed by atoms with E-state index in [4.69, 9.17) is 4.42 Å². The molecule has 2 aromatic carbocycles. The number of anilines is 3. The molecule has 3 N–H and O–H groups in total. The third kappa shape index (κ3) is 4.60. The van der Waals surface area contributed by atoms with E-state index in [-0.39, 0.29) is 11.9 Å². The fourth-order valence-corrected chi connectivity index (χ4v) is 3.86. The molecule has 0 atom stereocenters. The summed E-state index contributed by atoms with van der Waals surface area (Å²) in [5, 5.41) is 13.6. The average molecular weight is 467 g/mol. The minimum absolute atomic E-state index is 0.327. The topological polar surface area (TPSA) is 114 Å². The molecule has 0 aliphatic heterocycles. The highest BCUT2D eigenvalue weighted by atomic mass is 16.3. The molecule has 0 saturated carbocycles. The van der Waals surface area contributed by atoms with Crippen LogP contribution in [-0.4, -0.2) is 26.7 Å². The normalized spacial score (nSPS) is 10.8. The highest BCUT2D eigenvalue weighted by Crippen LogP contribution is 2.28. The fourth-order valence-electron chi connectivity index (χ4n) is 3.86. The van der Waals surface area contributed by atoms with Crippen molar-refractivity contribution in [1.29, 1.82) is 0 Å². The number of furan rings is 1. The Bertz CT molecular complexity index is 1520. The van der Waals surface area contributed by atoms with Crippen molar-refractivity contribution >= 4 is 40.0 Å². The molecular weight excluding hydrogens is 444 g/mol. The van der Waals surface area contributed by atoms with Crippen molar-refractivity contribution in [2.24, 2.45) is 7.05 Å². The second-order valence-electron chi connectivity index (χ2n) is 7.92. The Labute approximate surface area is 200 Å². The molecule has 0 bridgehead atoms. The lowest BCUT2D eigenvalue weighted by Crippen LogP contribution is -2.19. The monoisotopic (exact) mass is 466 g/mol. The summed E-state index contributed by atoms with van der Waals surface area (Å²) in [5.41, 5.74) is 3.96. The van der Waals surface area contributed by atoms with Gasteiger partial charge in [0, 0.05) is 24.1 Å². The summed E-state index contributed by atoms with van der Waals surface area (Å²) < 4.78 is 7.14. The number of aryl methyl sites for hydroxylation is 2. The third-order valence-electron chi connectivity index (χ3n) is 5.40. The predicted molar refractivity (Wildman–Crippen MR) is 134 cm³/mol. The molecule has 0 spiro atoms. The van der Waals surface area contributed by atoms with Crippen LogP contribution in [0.5, 0.6) is 0 Å². The van der Waals surface area contributed by atoms with Crippen LogP contribution in [0.2, 0.25) is 0 Å². The number of hydrogen-bond donors (Lipinski definition) is 3. The number of fused-ring (bicyclic) bond motifs is 1. The van der Waals surface area contributed by atoms with E-state index in [9.17, 15) is 9.59 Å². The molecule has 0 saturated heterocycles. The largest absolute Gasteiger partial charge is 0.463 e. The zero-order chi connectivity index (χ0) is 24.4. The lowest BCUT2D eigenvalue weighted by molar-refractivity contribution is 0.102. The maximum Gasteiger partial charge on any atom is 0.323 e. The van der Waals surface area contributed by atoms with E-state index in [2.05, 4.69) is 26.0 Å². The molecule has 3 aromatic heterocycles. The zero-order valence-corrected chi connectivity index (χ0v) is 19.1. The van der Waals surface area contributed by atoms with Crippen LogP contribution in [0.3, 0.4) is 0 Å². The Balaban J connectivity index is 1.40. The van der Waals surface area contributed by atoms with E-state index in [0.29, 0.717) is 50.8 Å². The number of carbonyl (C=O) groups excluding carboxylic acids is 2. The number of hydrogen-bond acceptors (Lipinski definition) is 5. The van der Waals surface area contributed by atoms with Gasteiger partial charge < -0.3 is 20.4 Å². The molecule has 0 fully saturated rings. The molecule has 0 aliphatic carbocycles. The Morgan fingerprint density at radius 1 is 0.857 bits per heavy atom. The van der Waals surface area contributed by atoms with Crippen LogP contribution < -0.4 is 16.0 Å². The number of nitrogens with zero attached hydrogens (tertiary/aromatic N) is 3. The third-order valence-corrected chi connectivity index (χ3v) is 5.40. The van der Waals surface area contributed by atoms with Gasteiger partial charge in [-0.25, -0.2) is 9.78 Å². The van der Waals surface area contributed by atoms with Crippen LogP contribution in [0.1, 0.15) is 16.1 Å². The number of amides is 3. The Morgan fingerprint density at radius 2 is 1.57 bits per heavy atom. The molecular formula is C26H22N6O3. The van der Waals surface area contributed by atoms with Crippen molar-refractivity contribution in [2.45, 2.75) is 6.92 Å². The van der Waals surface area contributed by atoms with Crippen molar-refractivity contribution in [3.05, 3.63) is 90.3 Å². The summed E-state index contributed by atoms with van der Waals surface area (Å²) >= 11 is 0. The van der Waals surface area contributed by atoms with E-state index >= 15 is 0 Å². The lowest BCUT2D eigenvalue weighted by atomic mass is 10.1. The number of rotatable bonds is 5. The van der Waals surface area contributed by atoms with E-state index in [1.165, 1.54) is 0 Å². The van der Waals surface area contributed by atoms with Crippen LogP contribution in [0.4, 0.5) is 21.9 Å². The number of para-hydroxylation sites is 1. The summed E-state index contributed by atoms with van der Waals surface area (Å²) in [4.78, 5) is 30.4. The molecule has 5 aromatic rings. The molecule has 35 heavy (non-hydrogen) atoms. The van der Waals surface area contributed by atoms with Crippen LogP contribution >= 0.6 is 0 Å². The van der Waals surface area contributed by atoms with Gasteiger partial charge in [-0.15, -0.1) is 0 Å². The molecule has 0 unspecified atom stereocenters.